The Labute approximate surface area is 223 Å². The van der Waals surface area contributed by atoms with Crippen molar-refractivity contribution in [3.05, 3.63) is 47.0 Å². The van der Waals surface area contributed by atoms with Gasteiger partial charge in [0, 0.05) is 0 Å². The topological polar surface area (TPSA) is 36.9 Å². The largest absolute Gasteiger partial charge is 4.00 e. The maximum atomic E-state index is 6.00. The third-order valence-corrected chi connectivity index (χ3v) is 6.45. The predicted octanol–water partition coefficient (Wildman–Crippen LogP) is -0.601. The summed E-state index contributed by atoms with van der Waals surface area (Å²) in [5.74, 6) is 2.00. The molecule has 0 aliphatic heterocycles. The summed E-state index contributed by atoms with van der Waals surface area (Å²) >= 11 is 0. The van der Waals surface area contributed by atoms with Crippen molar-refractivity contribution in [2.45, 2.75) is 59.0 Å². The summed E-state index contributed by atoms with van der Waals surface area (Å²) in [4.78, 5) is 0. The molecular weight excluding hydrogens is 547 g/mol. The van der Waals surface area contributed by atoms with Crippen molar-refractivity contribution >= 4 is 16.6 Å². The van der Waals surface area contributed by atoms with E-state index in [0.29, 0.717) is 26.4 Å². The van der Waals surface area contributed by atoms with Gasteiger partial charge >= 0.3 is 26.2 Å². The van der Waals surface area contributed by atoms with E-state index >= 15 is 0 Å². The van der Waals surface area contributed by atoms with Crippen LogP contribution in [0, 0.1) is 18.1 Å². The summed E-state index contributed by atoms with van der Waals surface area (Å²) < 4.78 is 23.8. The number of halogens is 2. The van der Waals surface area contributed by atoms with Gasteiger partial charge in [-0.3, -0.25) is 12.2 Å². The number of rotatable bonds is 12. The molecule has 0 aromatic carbocycles. The van der Waals surface area contributed by atoms with Crippen molar-refractivity contribution in [2.75, 3.05) is 26.4 Å². The van der Waals surface area contributed by atoms with E-state index < -0.39 is 16.6 Å². The summed E-state index contributed by atoms with van der Waals surface area (Å²) in [5.41, 5.74) is 2.20. The molecule has 2 aliphatic carbocycles. The second-order valence-corrected chi connectivity index (χ2v) is 18.1. The molecular formula is C22H36Cl2O4Si2Zr. The average Bonchev–Trinajstić information content (AvgIpc) is 3.22. The molecule has 0 spiro atoms. The van der Waals surface area contributed by atoms with Crippen LogP contribution in [0.15, 0.2) is 34.8 Å². The average molecular weight is 583 g/mol. The first-order valence-electron chi connectivity index (χ1n) is 10.2. The van der Waals surface area contributed by atoms with Crippen LogP contribution in [0.3, 0.4) is 0 Å². The van der Waals surface area contributed by atoms with Crippen LogP contribution in [0.4, 0.5) is 0 Å². The second kappa shape index (κ2) is 15.3. The Morgan fingerprint density at radius 2 is 1.10 bits per heavy atom. The maximum absolute atomic E-state index is 6.00. The van der Waals surface area contributed by atoms with Crippen molar-refractivity contribution in [3.8, 4) is 0 Å². The Kier molecular flexibility index (Phi) is 16.6. The molecule has 0 saturated carbocycles. The normalized spacial score (nSPS) is 15.7. The fourth-order valence-corrected chi connectivity index (χ4v) is 4.44. The summed E-state index contributed by atoms with van der Waals surface area (Å²) in [6.45, 7) is 17.7. The molecule has 0 heterocycles. The Morgan fingerprint density at radius 1 is 0.742 bits per heavy atom. The van der Waals surface area contributed by atoms with Gasteiger partial charge in [-0.25, -0.2) is 0 Å². The van der Waals surface area contributed by atoms with Gasteiger partial charge in [0.15, 0.2) is 16.6 Å². The number of hydrogen-bond donors (Lipinski definition) is 0. The Balaban J connectivity index is 0. The van der Waals surface area contributed by atoms with E-state index in [2.05, 4.69) is 70.5 Å². The molecule has 0 amide bonds. The third kappa shape index (κ3) is 12.4. The van der Waals surface area contributed by atoms with Gasteiger partial charge in [0.2, 0.25) is 0 Å². The van der Waals surface area contributed by atoms with Gasteiger partial charge < -0.3 is 43.1 Å². The summed E-state index contributed by atoms with van der Waals surface area (Å²) in [5, 5.41) is 0. The molecule has 0 atom stereocenters. The maximum Gasteiger partial charge on any atom is 4.00 e. The van der Waals surface area contributed by atoms with Gasteiger partial charge in [-0.15, -0.1) is 25.0 Å². The Morgan fingerprint density at radius 3 is 1.42 bits per heavy atom. The van der Waals surface area contributed by atoms with Gasteiger partial charge in [-0.2, -0.15) is 11.1 Å². The van der Waals surface area contributed by atoms with Crippen LogP contribution in [-0.4, -0.2) is 43.1 Å². The molecule has 0 saturated heterocycles. The Bertz CT molecular complexity index is 609. The quantitative estimate of drug-likeness (QED) is 0.175. The van der Waals surface area contributed by atoms with E-state index in [1.165, 1.54) is 0 Å². The molecule has 0 fully saturated rings. The van der Waals surface area contributed by atoms with Gasteiger partial charge in [-0.05, 0) is 50.8 Å². The zero-order chi connectivity index (χ0) is 20.8. The Hall–Kier alpha value is 0.377. The fourth-order valence-electron chi connectivity index (χ4n) is 3.05. The van der Waals surface area contributed by atoms with Crippen LogP contribution in [0.25, 0.3) is 0 Å². The van der Waals surface area contributed by atoms with E-state index in [0.717, 1.165) is 35.5 Å². The molecule has 9 heteroatoms. The summed E-state index contributed by atoms with van der Waals surface area (Å²) in [6, 6.07) is 0. The van der Waals surface area contributed by atoms with Crippen molar-refractivity contribution < 1.29 is 69.3 Å². The molecule has 0 unspecified atom stereocenters. The first-order valence-corrected chi connectivity index (χ1v) is 17.0. The number of allylic oxidation sites excluding steroid dienone is 6. The molecule has 4 nitrogen and oxygen atoms in total. The first kappa shape index (κ1) is 33.5. The molecule has 0 aromatic heterocycles. The van der Waals surface area contributed by atoms with Crippen LogP contribution >= 0.6 is 0 Å². The molecule has 31 heavy (non-hydrogen) atoms. The molecule has 0 bridgehead atoms. The van der Waals surface area contributed by atoms with Crippen LogP contribution in [0.2, 0.25) is 39.3 Å². The molecule has 2 rings (SSSR count). The fraction of sp³-hybridized carbons (Fsp3) is 0.636. The van der Waals surface area contributed by atoms with E-state index in [4.69, 9.17) is 18.3 Å². The zero-order valence-electron chi connectivity index (χ0n) is 19.9. The van der Waals surface area contributed by atoms with E-state index in [9.17, 15) is 0 Å². The van der Waals surface area contributed by atoms with Gasteiger partial charge in [0.25, 0.3) is 0 Å². The summed E-state index contributed by atoms with van der Waals surface area (Å²) in [6.07, 6.45) is 12.7. The van der Waals surface area contributed by atoms with Gasteiger partial charge in [0.1, 0.15) is 0 Å². The molecule has 0 N–H and O–H groups in total. The van der Waals surface area contributed by atoms with Crippen LogP contribution in [0.5, 0.6) is 0 Å². The zero-order valence-corrected chi connectivity index (χ0v) is 25.8. The van der Waals surface area contributed by atoms with Crippen LogP contribution < -0.4 is 24.8 Å². The monoisotopic (exact) mass is 580 g/mol. The van der Waals surface area contributed by atoms with Gasteiger partial charge in [0.05, 0.1) is 26.4 Å². The molecule has 174 valence electrons. The van der Waals surface area contributed by atoms with Crippen molar-refractivity contribution in [1.29, 1.82) is 0 Å². The first-order chi connectivity index (χ1) is 13.1. The van der Waals surface area contributed by atoms with Crippen LogP contribution in [-0.2, 0) is 44.5 Å². The van der Waals surface area contributed by atoms with E-state index in [1.807, 2.05) is 0 Å². The predicted molar refractivity (Wildman–Crippen MR) is 119 cm³/mol. The summed E-state index contributed by atoms with van der Waals surface area (Å²) in [7, 11) is -3.00. The smallest absolute Gasteiger partial charge is 1.00 e. The van der Waals surface area contributed by atoms with E-state index in [1.54, 1.807) is 0 Å². The second-order valence-electron chi connectivity index (χ2n) is 9.07. The minimum atomic E-state index is -1.50. The molecule has 0 radical (unpaired) electrons. The van der Waals surface area contributed by atoms with Crippen molar-refractivity contribution in [3.63, 3.8) is 0 Å². The van der Waals surface area contributed by atoms with Crippen molar-refractivity contribution in [2.24, 2.45) is 5.92 Å². The van der Waals surface area contributed by atoms with Gasteiger partial charge in [-0.1, -0.05) is 12.8 Å². The van der Waals surface area contributed by atoms with Crippen molar-refractivity contribution in [1.82, 2.24) is 0 Å². The molecule has 2 aliphatic rings. The number of hydrogen-bond acceptors (Lipinski definition) is 4. The van der Waals surface area contributed by atoms with E-state index in [-0.39, 0.29) is 56.9 Å². The third-order valence-electron chi connectivity index (χ3n) is 4.31. The minimum absolute atomic E-state index is 0. The van der Waals surface area contributed by atoms with Crippen LogP contribution in [0.1, 0.15) is 19.8 Å². The SMILES string of the molecule is CC(C1=[C-]CC=C1OCCO[Si](C)(C)C)C1=[C-]CC=C1OCCO[Si](C)(C)C.[Cl-].[Cl-].[Zr+4]. The molecule has 0 aromatic rings. The standard InChI is InChI=1S/C22H36O4Si2.2ClH.Zr/c1-18(19-10-8-12-21(19)23-14-16-25-27(2,3)4)20-11-9-13-22(20)24-15-17-26-28(5,6)7;;;/h12-13,18H,8-9,14-17H2,1-7H3;2*1H;/q-2;;;+4/p-2. The number of ether oxygens (including phenoxy) is 2. The minimum Gasteiger partial charge on any atom is -1.00 e.